The molecule has 0 aliphatic rings. The lowest BCUT2D eigenvalue weighted by Gasteiger charge is -2.13. The van der Waals surface area contributed by atoms with Crippen molar-refractivity contribution in [3.8, 4) is 0 Å². The van der Waals surface area contributed by atoms with Crippen molar-refractivity contribution in [2.24, 2.45) is 0 Å². The molecule has 0 saturated carbocycles. The van der Waals surface area contributed by atoms with E-state index in [1.807, 2.05) is 20.8 Å². The van der Waals surface area contributed by atoms with Crippen LogP contribution in [0.1, 0.15) is 46.6 Å². The molecule has 0 aliphatic carbocycles. The Hall–Kier alpha value is -2.28. The lowest BCUT2D eigenvalue weighted by atomic mass is 9.98. The first-order valence-corrected chi connectivity index (χ1v) is 7.12. The highest BCUT2D eigenvalue weighted by atomic mass is 32.1. The Morgan fingerprint density at radius 2 is 2.05 bits per heavy atom. The largest absolute Gasteiger partial charge is 0.478 e. The molecule has 0 saturated heterocycles. The first kappa shape index (κ1) is 15.1. The van der Waals surface area contributed by atoms with Crippen molar-refractivity contribution in [2.75, 3.05) is 5.32 Å². The van der Waals surface area contributed by atoms with Crippen molar-refractivity contribution in [3.05, 3.63) is 40.0 Å². The van der Waals surface area contributed by atoms with Crippen LogP contribution in [0.4, 0.5) is 5.82 Å². The van der Waals surface area contributed by atoms with Crippen molar-refractivity contribution >= 4 is 29.0 Å². The molecule has 2 rings (SSSR count). The van der Waals surface area contributed by atoms with Crippen molar-refractivity contribution in [1.29, 1.82) is 0 Å². The van der Waals surface area contributed by atoms with Gasteiger partial charge in [0, 0.05) is 17.0 Å². The molecule has 6 nitrogen and oxygen atoms in total. The second-order valence-electron chi connectivity index (χ2n) is 5.48. The van der Waals surface area contributed by atoms with Crippen molar-refractivity contribution < 1.29 is 14.7 Å². The number of aromatic carboxylic acids is 1. The van der Waals surface area contributed by atoms with E-state index < -0.39 is 11.9 Å². The molecular weight excluding hydrogens is 290 g/mol. The fraction of sp³-hybridized carbons (Fsp3) is 0.286. The minimum absolute atomic E-state index is 0.0639. The minimum atomic E-state index is -1.07. The Balaban J connectivity index is 2.16. The van der Waals surface area contributed by atoms with Gasteiger partial charge in [-0.1, -0.05) is 20.8 Å². The molecule has 21 heavy (non-hydrogen) atoms. The maximum Gasteiger partial charge on any atom is 0.335 e. The number of rotatable bonds is 3. The van der Waals surface area contributed by atoms with Gasteiger partial charge < -0.3 is 10.4 Å². The SMILES string of the molecule is CC(C)(C)c1nc(C(=O)Nc2cc(C(=O)O)ccn2)cs1. The van der Waals surface area contributed by atoms with E-state index in [4.69, 9.17) is 5.11 Å². The Kier molecular flexibility index (Phi) is 4.04. The van der Waals surface area contributed by atoms with Crippen LogP contribution in [0.15, 0.2) is 23.7 Å². The molecule has 2 N–H and O–H groups in total. The molecule has 0 unspecified atom stereocenters. The highest BCUT2D eigenvalue weighted by Crippen LogP contribution is 2.25. The molecule has 110 valence electrons. The normalized spacial score (nSPS) is 11.2. The average molecular weight is 305 g/mol. The summed E-state index contributed by atoms with van der Waals surface area (Å²) >= 11 is 1.42. The zero-order chi connectivity index (χ0) is 15.6. The van der Waals surface area contributed by atoms with E-state index in [9.17, 15) is 9.59 Å². The first-order valence-electron chi connectivity index (χ1n) is 6.24. The number of amides is 1. The van der Waals surface area contributed by atoms with E-state index in [2.05, 4.69) is 15.3 Å². The van der Waals surface area contributed by atoms with E-state index in [0.717, 1.165) is 5.01 Å². The minimum Gasteiger partial charge on any atom is -0.478 e. The zero-order valence-electron chi connectivity index (χ0n) is 11.9. The van der Waals surface area contributed by atoms with E-state index in [1.165, 1.54) is 29.7 Å². The molecular formula is C14H15N3O3S. The Bertz CT molecular complexity index is 689. The number of pyridine rings is 1. The highest BCUT2D eigenvalue weighted by Gasteiger charge is 2.20. The number of carboxylic acids is 1. The monoisotopic (exact) mass is 305 g/mol. The summed E-state index contributed by atoms with van der Waals surface area (Å²) in [6.07, 6.45) is 1.33. The third kappa shape index (κ3) is 3.63. The summed E-state index contributed by atoms with van der Waals surface area (Å²) in [5, 5.41) is 14.0. The van der Waals surface area contributed by atoms with Gasteiger partial charge in [0.1, 0.15) is 11.5 Å². The number of nitrogens with one attached hydrogen (secondary N) is 1. The lowest BCUT2D eigenvalue weighted by molar-refractivity contribution is 0.0696. The van der Waals surface area contributed by atoms with Gasteiger partial charge in [0.15, 0.2) is 0 Å². The summed E-state index contributed by atoms with van der Waals surface area (Å²) in [5.74, 6) is -1.29. The number of carbonyl (C=O) groups excluding carboxylic acids is 1. The molecule has 2 aromatic heterocycles. The molecule has 0 spiro atoms. The van der Waals surface area contributed by atoms with Gasteiger partial charge in [-0.2, -0.15) is 0 Å². The second-order valence-corrected chi connectivity index (χ2v) is 6.34. The third-order valence-electron chi connectivity index (χ3n) is 2.63. The number of hydrogen-bond donors (Lipinski definition) is 2. The van der Waals surface area contributed by atoms with Gasteiger partial charge in [-0.25, -0.2) is 14.8 Å². The summed E-state index contributed by atoms with van der Waals surface area (Å²) in [7, 11) is 0. The molecule has 0 bridgehead atoms. The fourth-order valence-electron chi connectivity index (χ4n) is 1.53. The van der Waals surface area contributed by atoms with Crippen LogP contribution in [-0.4, -0.2) is 27.0 Å². The van der Waals surface area contributed by atoms with Crippen molar-refractivity contribution in [1.82, 2.24) is 9.97 Å². The number of nitrogens with zero attached hydrogens (tertiary/aromatic N) is 2. The summed E-state index contributed by atoms with van der Waals surface area (Å²) in [5.41, 5.74) is 0.242. The molecule has 1 amide bonds. The maximum atomic E-state index is 12.1. The number of carbonyl (C=O) groups is 2. The molecule has 0 fully saturated rings. The van der Waals surface area contributed by atoms with E-state index in [1.54, 1.807) is 5.38 Å². The number of anilines is 1. The second kappa shape index (κ2) is 5.61. The van der Waals surface area contributed by atoms with Crippen LogP contribution < -0.4 is 5.32 Å². The molecule has 0 aromatic carbocycles. The van der Waals surface area contributed by atoms with Gasteiger partial charge in [-0.3, -0.25) is 4.79 Å². The maximum absolute atomic E-state index is 12.1. The Morgan fingerprint density at radius 3 is 2.62 bits per heavy atom. The van der Waals surface area contributed by atoms with Crippen LogP contribution in [0, 0.1) is 0 Å². The topological polar surface area (TPSA) is 92.2 Å². The summed E-state index contributed by atoms with van der Waals surface area (Å²) < 4.78 is 0. The van der Waals surface area contributed by atoms with Crippen molar-refractivity contribution in [2.45, 2.75) is 26.2 Å². The summed E-state index contributed by atoms with van der Waals surface area (Å²) in [6.45, 7) is 6.06. The molecule has 7 heteroatoms. The van der Waals surface area contributed by atoms with Gasteiger partial charge in [-0.05, 0) is 12.1 Å². The zero-order valence-corrected chi connectivity index (χ0v) is 12.7. The van der Waals surface area contributed by atoms with Gasteiger partial charge in [0.05, 0.1) is 10.6 Å². The smallest absolute Gasteiger partial charge is 0.335 e. The molecule has 0 radical (unpaired) electrons. The van der Waals surface area contributed by atoms with Gasteiger partial charge in [-0.15, -0.1) is 11.3 Å². The number of carboxylic acid groups (broad SMARTS) is 1. The molecule has 2 aromatic rings. The van der Waals surface area contributed by atoms with Crippen LogP contribution in [0.25, 0.3) is 0 Å². The van der Waals surface area contributed by atoms with E-state index in [-0.39, 0.29) is 16.8 Å². The number of hydrogen-bond acceptors (Lipinski definition) is 5. The molecule has 0 aliphatic heterocycles. The average Bonchev–Trinajstić information content (AvgIpc) is 2.88. The lowest BCUT2D eigenvalue weighted by Crippen LogP contribution is -2.16. The van der Waals surface area contributed by atoms with Gasteiger partial charge >= 0.3 is 5.97 Å². The quantitative estimate of drug-likeness (QED) is 0.909. The van der Waals surface area contributed by atoms with Crippen LogP contribution >= 0.6 is 11.3 Å². The van der Waals surface area contributed by atoms with E-state index in [0.29, 0.717) is 5.69 Å². The van der Waals surface area contributed by atoms with Gasteiger partial charge in [0.2, 0.25) is 0 Å². The number of thiazole rings is 1. The predicted molar refractivity (Wildman–Crippen MR) is 80.0 cm³/mol. The summed E-state index contributed by atoms with van der Waals surface area (Å²) in [4.78, 5) is 31.2. The Labute approximate surface area is 125 Å². The molecule has 0 atom stereocenters. The standard InChI is InChI=1S/C14H15N3O3S/c1-14(2,3)13-16-9(7-21-13)11(18)17-10-6-8(12(19)20)4-5-15-10/h4-7H,1-3H3,(H,19,20)(H,15,17,18). The van der Waals surface area contributed by atoms with Crippen LogP contribution in [-0.2, 0) is 5.41 Å². The van der Waals surface area contributed by atoms with Crippen LogP contribution in [0.5, 0.6) is 0 Å². The van der Waals surface area contributed by atoms with Crippen LogP contribution in [0.3, 0.4) is 0 Å². The Morgan fingerprint density at radius 1 is 1.33 bits per heavy atom. The predicted octanol–water partition coefficient (Wildman–Crippen LogP) is 2.79. The van der Waals surface area contributed by atoms with Crippen molar-refractivity contribution in [3.63, 3.8) is 0 Å². The third-order valence-corrected chi connectivity index (χ3v) is 3.89. The first-order chi connectivity index (χ1) is 9.77. The van der Waals surface area contributed by atoms with Gasteiger partial charge in [0.25, 0.3) is 5.91 Å². The highest BCUT2D eigenvalue weighted by molar-refractivity contribution is 7.10. The van der Waals surface area contributed by atoms with E-state index >= 15 is 0 Å². The summed E-state index contributed by atoms with van der Waals surface area (Å²) in [6, 6.07) is 2.66. The number of aromatic nitrogens is 2. The fourth-order valence-corrected chi connectivity index (χ4v) is 2.42. The van der Waals surface area contributed by atoms with Crippen LogP contribution in [0.2, 0.25) is 0 Å². The molecule has 2 heterocycles.